The van der Waals surface area contributed by atoms with Crippen LogP contribution < -0.4 is 0 Å². The Morgan fingerprint density at radius 3 is 1.79 bits per heavy atom. The van der Waals surface area contributed by atoms with E-state index in [1.165, 1.54) is 38.9 Å². The highest BCUT2D eigenvalue weighted by Gasteiger charge is 2.36. The molecule has 2 heteroatoms. The topological polar surface area (TPSA) is 20.2 Å². The van der Waals surface area contributed by atoms with Gasteiger partial charge in [0.05, 0.1) is 26.2 Å². The summed E-state index contributed by atoms with van der Waals surface area (Å²) in [5.74, 6) is 0. The van der Waals surface area contributed by atoms with Crippen LogP contribution in [-0.4, -0.2) is 35.8 Å². The van der Waals surface area contributed by atoms with Gasteiger partial charge in [-0.15, -0.1) is 0 Å². The Morgan fingerprint density at radius 2 is 1.33 bits per heavy atom. The molecule has 24 heavy (non-hydrogen) atoms. The molecule has 0 atom stereocenters. The lowest BCUT2D eigenvalue weighted by Gasteiger charge is -2.43. The van der Waals surface area contributed by atoms with E-state index in [1.807, 2.05) is 36.4 Å². The number of benzene rings is 2. The molecule has 0 bridgehead atoms. The average Bonchev–Trinajstić information content (AvgIpc) is 2.68. The number of piperidine rings is 1. The molecular weight excluding hydrogens is 294 g/mol. The van der Waals surface area contributed by atoms with Crippen LogP contribution in [0.25, 0.3) is 0 Å². The van der Waals surface area contributed by atoms with E-state index in [0.717, 1.165) is 28.6 Å². The van der Waals surface area contributed by atoms with Gasteiger partial charge in [0.1, 0.15) is 5.60 Å². The number of aliphatic hydroxyl groups is 1. The number of hydrogen-bond acceptors (Lipinski definition) is 1. The molecule has 0 radical (unpaired) electrons. The minimum atomic E-state index is -0.902. The molecule has 128 valence electrons. The van der Waals surface area contributed by atoms with Crippen molar-refractivity contribution in [2.45, 2.75) is 38.2 Å². The molecule has 1 fully saturated rings. The average molecular weight is 324 g/mol. The van der Waals surface area contributed by atoms with E-state index >= 15 is 0 Å². The van der Waals surface area contributed by atoms with E-state index in [2.05, 4.69) is 31.2 Å². The van der Waals surface area contributed by atoms with Crippen LogP contribution in [0, 0.1) is 0 Å². The third kappa shape index (κ3) is 3.55. The van der Waals surface area contributed by atoms with Crippen molar-refractivity contribution in [1.29, 1.82) is 0 Å². The fourth-order valence-corrected chi connectivity index (χ4v) is 4.16. The van der Waals surface area contributed by atoms with Gasteiger partial charge in [0.2, 0.25) is 0 Å². The number of hydrogen-bond donors (Lipinski definition) is 1. The predicted molar refractivity (Wildman–Crippen MR) is 99.8 cm³/mol. The fraction of sp³-hybridized carbons (Fsp3) is 0.455. The maximum absolute atomic E-state index is 11.7. The minimum Gasteiger partial charge on any atom is -0.380 e. The molecule has 0 aromatic heterocycles. The standard InChI is InChI=1S/C22H30NO/c1-2-23(17-10-5-11-18-23)19-16-22(24,20-12-6-3-7-13-20)21-14-8-4-9-15-21/h3-4,6-9,12-15,24H,2,5,10-11,16-19H2,1H3/q+1. The first-order chi connectivity index (χ1) is 11.7. The molecule has 0 aliphatic carbocycles. The Morgan fingerprint density at radius 1 is 0.833 bits per heavy atom. The van der Waals surface area contributed by atoms with Crippen molar-refractivity contribution < 1.29 is 9.59 Å². The molecule has 1 aliphatic rings. The maximum Gasteiger partial charge on any atom is 0.120 e. The molecule has 1 N–H and O–H groups in total. The molecule has 3 rings (SSSR count). The second-order valence-electron chi connectivity index (χ2n) is 7.23. The van der Waals surface area contributed by atoms with Crippen LogP contribution in [0.15, 0.2) is 60.7 Å². The van der Waals surface area contributed by atoms with Crippen molar-refractivity contribution in [1.82, 2.24) is 0 Å². The summed E-state index contributed by atoms with van der Waals surface area (Å²) in [4.78, 5) is 0. The second-order valence-corrected chi connectivity index (χ2v) is 7.23. The smallest absolute Gasteiger partial charge is 0.120 e. The molecule has 1 saturated heterocycles. The Labute approximate surface area is 146 Å². The van der Waals surface area contributed by atoms with Crippen LogP contribution in [0.4, 0.5) is 0 Å². The quantitative estimate of drug-likeness (QED) is 0.784. The third-order valence-electron chi connectivity index (χ3n) is 5.89. The zero-order chi connectivity index (χ0) is 16.9. The molecule has 1 aliphatic heterocycles. The third-order valence-corrected chi connectivity index (χ3v) is 5.89. The van der Waals surface area contributed by atoms with E-state index in [4.69, 9.17) is 0 Å². The first-order valence-corrected chi connectivity index (χ1v) is 9.37. The van der Waals surface area contributed by atoms with Crippen molar-refractivity contribution in [2.75, 3.05) is 26.2 Å². The van der Waals surface area contributed by atoms with Crippen molar-refractivity contribution in [3.63, 3.8) is 0 Å². The van der Waals surface area contributed by atoms with Crippen LogP contribution in [0.2, 0.25) is 0 Å². The molecule has 1 heterocycles. The van der Waals surface area contributed by atoms with Gasteiger partial charge in [-0.05, 0) is 37.3 Å². The normalized spacial score (nSPS) is 17.6. The molecule has 0 unspecified atom stereocenters. The number of rotatable bonds is 6. The first-order valence-electron chi connectivity index (χ1n) is 9.37. The fourth-order valence-electron chi connectivity index (χ4n) is 4.16. The van der Waals surface area contributed by atoms with Gasteiger partial charge in [-0.1, -0.05) is 60.7 Å². The second kappa shape index (κ2) is 7.50. The summed E-state index contributed by atoms with van der Waals surface area (Å²) in [5, 5.41) is 11.7. The summed E-state index contributed by atoms with van der Waals surface area (Å²) < 4.78 is 1.15. The van der Waals surface area contributed by atoms with Gasteiger partial charge in [-0.2, -0.15) is 0 Å². The summed E-state index contributed by atoms with van der Waals surface area (Å²) >= 11 is 0. The summed E-state index contributed by atoms with van der Waals surface area (Å²) in [6, 6.07) is 20.3. The highest BCUT2D eigenvalue weighted by molar-refractivity contribution is 5.35. The lowest BCUT2D eigenvalue weighted by Crippen LogP contribution is -2.53. The number of quaternary nitrogens is 1. The van der Waals surface area contributed by atoms with Crippen LogP contribution in [0.1, 0.15) is 43.7 Å². The van der Waals surface area contributed by atoms with Crippen molar-refractivity contribution in [3.05, 3.63) is 71.8 Å². The number of nitrogens with zero attached hydrogens (tertiary/aromatic N) is 1. The molecule has 2 nitrogen and oxygen atoms in total. The summed E-state index contributed by atoms with van der Waals surface area (Å²) in [5.41, 5.74) is 1.10. The highest BCUT2D eigenvalue weighted by atomic mass is 16.3. The molecule has 0 amide bonds. The molecule has 0 spiro atoms. The molecule has 0 saturated carbocycles. The van der Waals surface area contributed by atoms with Crippen molar-refractivity contribution >= 4 is 0 Å². The predicted octanol–water partition coefficient (Wildman–Crippen LogP) is 4.33. The first kappa shape index (κ1) is 17.2. The van der Waals surface area contributed by atoms with E-state index in [0.29, 0.717) is 0 Å². The summed E-state index contributed by atoms with van der Waals surface area (Å²) in [7, 11) is 0. The summed E-state index contributed by atoms with van der Waals surface area (Å²) in [6.07, 6.45) is 4.78. The van der Waals surface area contributed by atoms with Crippen LogP contribution in [0.5, 0.6) is 0 Å². The summed E-state index contributed by atoms with van der Waals surface area (Å²) in [6.45, 7) is 7.03. The van der Waals surface area contributed by atoms with Crippen molar-refractivity contribution in [2.24, 2.45) is 0 Å². The molecule has 2 aromatic rings. The SMILES string of the molecule is CC[N+]1(CCC(O)(c2ccccc2)c2ccccc2)CCCCC1. The highest BCUT2D eigenvalue weighted by Crippen LogP contribution is 2.34. The monoisotopic (exact) mass is 324 g/mol. The Bertz CT molecular complexity index is 577. The van der Waals surface area contributed by atoms with Gasteiger partial charge in [0, 0.05) is 6.42 Å². The van der Waals surface area contributed by atoms with Crippen LogP contribution >= 0.6 is 0 Å². The van der Waals surface area contributed by atoms with Gasteiger partial charge >= 0.3 is 0 Å². The van der Waals surface area contributed by atoms with Crippen molar-refractivity contribution in [3.8, 4) is 0 Å². The van der Waals surface area contributed by atoms with E-state index in [-0.39, 0.29) is 0 Å². The molecular formula is C22H30NO+. The van der Waals surface area contributed by atoms with E-state index < -0.39 is 5.60 Å². The molecule has 2 aromatic carbocycles. The van der Waals surface area contributed by atoms with Gasteiger partial charge in [-0.25, -0.2) is 0 Å². The Hall–Kier alpha value is -1.64. The van der Waals surface area contributed by atoms with E-state index in [1.54, 1.807) is 0 Å². The van der Waals surface area contributed by atoms with Crippen LogP contribution in [-0.2, 0) is 5.60 Å². The largest absolute Gasteiger partial charge is 0.380 e. The van der Waals surface area contributed by atoms with E-state index in [9.17, 15) is 5.11 Å². The lowest BCUT2D eigenvalue weighted by atomic mass is 9.83. The van der Waals surface area contributed by atoms with Gasteiger partial charge in [-0.3, -0.25) is 0 Å². The van der Waals surface area contributed by atoms with Crippen LogP contribution in [0.3, 0.4) is 0 Å². The lowest BCUT2D eigenvalue weighted by molar-refractivity contribution is -0.931. The minimum absolute atomic E-state index is 0.773. The zero-order valence-corrected chi connectivity index (χ0v) is 14.8. The Kier molecular flexibility index (Phi) is 5.37. The maximum atomic E-state index is 11.7. The van der Waals surface area contributed by atoms with Gasteiger partial charge in [0.25, 0.3) is 0 Å². The Balaban J connectivity index is 1.88. The van der Waals surface area contributed by atoms with Gasteiger partial charge in [0.15, 0.2) is 0 Å². The number of likely N-dealkylation sites (tertiary alicyclic amines) is 1. The zero-order valence-electron chi connectivity index (χ0n) is 14.8. The van der Waals surface area contributed by atoms with Gasteiger partial charge < -0.3 is 9.59 Å².